The first-order chi connectivity index (χ1) is 9.66. The zero-order valence-electron chi connectivity index (χ0n) is 11.6. The van der Waals surface area contributed by atoms with Crippen LogP contribution in [0.5, 0.6) is 0 Å². The van der Waals surface area contributed by atoms with Gasteiger partial charge >= 0.3 is 0 Å². The topological polar surface area (TPSA) is 55.1 Å². The molecule has 0 aliphatic carbocycles. The predicted molar refractivity (Wildman–Crippen MR) is 83.6 cm³/mol. The lowest BCUT2D eigenvalue weighted by Crippen LogP contribution is -2.41. The molecule has 3 nitrogen and oxygen atoms in total. The molecule has 2 unspecified atom stereocenters. The summed E-state index contributed by atoms with van der Waals surface area (Å²) in [6.07, 6.45) is 1.48. The van der Waals surface area contributed by atoms with E-state index in [-0.39, 0.29) is 11.9 Å². The number of benzene rings is 1. The van der Waals surface area contributed by atoms with Crippen LogP contribution >= 0.6 is 11.3 Å². The SMILES string of the molecule is CC(NC(=O)C(N)CCc1ccccc1)c1cccs1. The molecule has 0 aliphatic heterocycles. The highest BCUT2D eigenvalue weighted by molar-refractivity contribution is 7.10. The van der Waals surface area contributed by atoms with Crippen molar-refractivity contribution in [2.24, 2.45) is 5.73 Å². The molecule has 0 saturated heterocycles. The van der Waals surface area contributed by atoms with E-state index in [0.29, 0.717) is 6.42 Å². The van der Waals surface area contributed by atoms with Gasteiger partial charge in [0.2, 0.25) is 5.91 Å². The molecule has 106 valence electrons. The minimum atomic E-state index is -0.461. The van der Waals surface area contributed by atoms with Gasteiger partial charge in [0.15, 0.2) is 0 Å². The van der Waals surface area contributed by atoms with Gasteiger partial charge in [-0.05, 0) is 36.8 Å². The summed E-state index contributed by atoms with van der Waals surface area (Å²) >= 11 is 1.64. The molecular weight excluding hydrogens is 268 g/mol. The van der Waals surface area contributed by atoms with Crippen molar-refractivity contribution >= 4 is 17.2 Å². The Morgan fingerprint density at radius 1 is 1.25 bits per heavy atom. The molecular formula is C16H20N2OS. The molecule has 2 atom stereocenters. The highest BCUT2D eigenvalue weighted by Crippen LogP contribution is 2.18. The van der Waals surface area contributed by atoms with Crippen molar-refractivity contribution in [3.63, 3.8) is 0 Å². The Morgan fingerprint density at radius 3 is 2.65 bits per heavy atom. The highest BCUT2D eigenvalue weighted by Gasteiger charge is 2.16. The van der Waals surface area contributed by atoms with E-state index in [1.165, 1.54) is 5.56 Å². The van der Waals surface area contributed by atoms with Gasteiger partial charge in [0, 0.05) is 4.88 Å². The zero-order chi connectivity index (χ0) is 14.4. The van der Waals surface area contributed by atoms with Crippen LogP contribution < -0.4 is 11.1 Å². The van der Waals surface area contributed by atoms with E-state index in [1.54, 1.807) is 11.3 Å². The van der Waals surface area contributed by atoms with E-state index < -0.39 is 6.04 Å². The number of thiophene rings is 1. The monoisotopic (exact) mass is 288 g/mol. The standard InChI is InChI=1S/C16H20N2OS/c1-12(15-8-5-11-20-15)18-16(19)14(17)10-9-13-6-3-2-4-7-13/h2-8,11-12,14H,9-10,17H2,1H3,(H,18,19). The summed E-state index contributed by atoms with van der Waals surface area (Å²) in [6, 6.07) is 13.7. The van der Waals surface area contributed by atoms with Crippen LogP contribution in [0.3, 0.4) is 0 Å². The molecule has 1 aromatic heterocycles. The first-order valence-corrected chi connectivity index (χ1v) is 7.68. The maximum absolute atomic E-state index is 12.0. The molecule has 2 rings (SSSR count). The van der Waals surface area contributed by atoms with Gasteiger partial charge in [-0.3, -0.25) is 4.79 Å². The summed E-state index contributed by atoms with van der Waals surface area (Å²) in [4.78, 5) is 13.2. The minimum absolute atomic E-state index is 0.0188. The first kappa shape index (κ1) is 14.8. The van der Waals surface area contributed by atoms with E-state index in [4.69, 9.17) is 5.73 Å². The summed E-state index contributed by atoms with van der Waals surface area (Å²) in [5.41, 5.74) is 7.17. The van der Waals surface area contributed by atoms with E-state index in [0.717, 1.165) is 11.3 Å². The van der Waals surface area contributed by atoms with Crippen LogP contribution in [0.25, 0.3) is 0 Å². The largest absolute Gasteiger partial charge is 0.347 e. The van der Waals surface area contributed by atoms with Crippen LogP contribution in [-0.2, 0) is 11.2 Å². The summed E-state index contributed by atoms with van der Waals surface area (Å²) < 4.78 is 0. The summed E-state index contributed by atoms with van der Waals surface area (Å²) in [6.45, 7) is 1.98. The normalized spacial score (nSPS) is 13.7. The van der Waals surface area contributed by atoms with Crippen molar-refractivity contribution in [1.82, 2.24) is 5.32 Å². The molecule has 3 N–H and O–H groups in total. The fraction of sp³-hybridized carbons (Fsp3) is 0.312. The molecule has 1 amide bonds. The van der Waals surface area contributed by atoms with Crippen LogP contribution in [0.1, 0.15) is 29.8 Å². The maximum atomic E-state index is 12.0. The van der Waals surface area contributed by atoms with Gasteiger partial charge in [0.25, 0.3) is 0 Å². The number of nitrogens with one attached hydrogen (secondary N) is 1. The van der Waals surface area contributed by atoms with E-state index in [2.05, 4.69) is 17.4 Å². The third kappa shape index (κ3) is 4.18. The van der Waals surface area contributed by atoms with Crippen LogP contribution in [0.2, 0.25) is 0 Å². The number of carbonyl (C=O) groups is 1. The summed E-state index contributed by atoms with van der Waals surface area (Å²) in [5.74, 6) is -0.0816. The molecule has 0 aliphatic rings. The lowest BCUT2D eigenvalue weighted by Gasteiger charge is -2.16. The maximum Gasteiger partial charge on any atom is 0.237 e. The van der Waals surface area contributed by atoms with Crippen molar-refractivity contribution in [3.8, 4) is 0 Å². The highest BCUT2D eigenvalue weighted by atomic mass is 32.1. The molecule has 20 heavy (non-hydrogen) atoms. The number of aryl methyl sites for hydroxylation is 1. The van der Waals surface area contributed by atoms with E-state index >= 15 is 0 Å². The lowest BCUT2D eigenvalue weighted by atomic mass is 10.1. The molecule has 0 radical (unpaired) electrons. The van der Waals surface area contributed by atoms with Gasteiger partial charge in [0.1, 0.15) is 0 Å². The molecule has 0 bridgehead atoms. The van der Waals surface area contributed by atoms with E-state index in [9.17, 15) is 4.79 Å². The number of hydrogen-bond acceptors (Lipinski definition) is 3. The average Bonchev–Trinajstić information content (AvgIpc) is 3.00. The average molecular weight is 288 g/mol. The number of nitrogens with two attached hydrogens (primary N) is 1. The summed E-state index contributed by atoms with van der Waals surface area (Å²) in [5, 5.41) is 4.97. The van der Waals surface area contributed by atoms with E-state index in [1.807, 2.05) is 42.6 Å². The second kappa shape index (κ2) is 7.22. The Labute approximate surface area is 123 Å². The second-order valence-electron chi connectivity index (χ2n) is 4.88. The molecule has 0 fully saturated rings. The number of carbonyl (C=O) groups excluding carboxylic acids is 1. The van der Waals surface area contributed by atoms with Gasteiger partial charge in [-0.15, -0.1) is 11.3 Å². The molecule has 0 spiro atoms. The van der Waals surface area contributed by atoms with Crippen LogP contribution in [0.15, 0.2) is 47.8 Å². The van der Waals surface area contributed by atoms with Crippen molar-refractivity contribution in [1.29, 1.82) is 0 Å². The zero-order valence-corrected chi connectivity index (χ0v) is 12.4. The fourth-order valence-corrected chi connectivity index (χ4v) is 2.76. The van der Waals surface area contributed by atoms with Crippen molar-refractivity contribution in [2.75, 3.05) is 0 Å². The lowest BCUT2D eigenvalue weighted by molar-refractivity contribution is -0.123. The second-order valence-corrected chi connectivity index (χ2v) is 5.86. The third-order valence-electron chi connectivity index (χ3n) is 3.25. The Hall–Kier alpha value is -1.65. The van der Waals surface area contributed by atoms with Crippen molar-refractivity contribution in [2.45, 2.75) is 31.8 Å². The Bertz CT molecular complexity index is 525. The predicted octanol–water partition coefficient (Wildman–Crippen LogP) is 2.89. The van der Waals surface area contributed by atoms with Gasteiger partial charge < -0.3 is 11.1 Å². The smallest absolute Gasteiger partial charge is 0.237 e. The molecule has 4 heteroatoms. The molecule has 1 heterocycles. The first-order valence-electron chi connectivity index (χ1n) is 6.80. The van der Waals surface area contributed by atoms with Crippen LogP contribution in [0, 0.1) is 0 Å². The third-order valence-corrected chi connectivity index (χ3v) is 4.31. The summed E-state index contributed by atoms with van der Waals surface area (Å²) in [7, 11) is 0. The quantitative estimate of drug-likeness (QED) is 0.858. The van der Waals surface area contributed by atoms with Gasteiger partial charge in [-0.25, -0.2) is 0 Å². The Morgan fingerprint density at radius 2 is 2.00 bits per heavy atom. The number of amides is 1. The van der Waals surface area contributed by atoms with Gasteiger partial charge in [-0.1, -0.05) is 36.4 Å². The molecule has 0 saturated carbocycles. The molecule has 1 aromatic carbocycles. The van der Waals surface area contributed by atoms with Crippen molar-refractivity contribution < 1.29 is 4.79 Å². The van der Waals surface area contributed by atoms with Gasteiger partial charge in [0.05, 0.1) is 12.1 Å². The van der Waals surface area contributed by atoms with Crippen molar-refractivity contribution in [3.05, 3.63) is 58.3 Å². The Kier molecular flexibility index (Phi) is 5.32. The van der Waals surface area contributed by atoms with Crippen LogP contribution in [-0.4, -0.2) is 11.9 Å². The Balaban J connectivity index is 1.80. The number of rotatable bonds is 6. The van der Waals surface area contributed by atoms with Gasteiger partial charge in [-0.2, -0.15) is 0 Å². The number of hydrogen-bond donors (Lipinski definition) is 2. The minimum Gasteiger partial charge on any atom is -0.347 e. The van der Waals surface area contributed by atoms with Crippen LogP contribution in [0.4, 0.5) is 0 Å². The molecule has 2 aromatic rings. The fourth-order valence-electron chi connectivity index (χ4n) is 2.03.